The lowest BCUT2D eigenvalue weighted by Gasteiger charge is -2.34. The molecule has 1 aliphatic carbocycles. The standard InChI is InChI=1S/C23H26N2O3S/c26-23(13-18-15-28-21-12-17-4-1-3-16(17)11-19(18)21)24-14-20(22-5-2-10-29-22)25-6-8-27-9-7-25/h2,5,10-12,15,20H,1,3-4,6-9,13-14H2,(H,24,26). The molecule has 1 unspecified atom stereocenters. The van der Waals surface area contributed by atoms with Gasteiger partial charge in [-0.2, -0.15) is 0 Å². The van der Waals surface area contributed by atoms with Crippen LogP contribution in [0.1, 0.15) is 34.0 Å². The summed E-state index contributed by atoms with van der Waals surface area (Å²) in [5.41, 5.74) is 4.68. The summed E-state index contributed by atoms with van der Waals surface area (Å²) in [4.78, 5) is 16.4. The summed E-state index contributed by atoms with van der Waals surface area (Å²) in [5, 5.41) is 6.35. The first kappa shape index (κ1) is 18.9. The van der Waals surface area contributed by atoms with E-state index in [1.165, 1.54) is 22.4 Å². The summed E-state index contributed by atoms with van der Waals surface area (Å²) >= 11 is 1.75. The number of benzene rings is 1. The Hall–Kier alpha value is -2.15. The van der Waals surface area contributed by atoms with E-state index in [0.717, 1.165) is 55.7 Å². The van der Waals surface area contributed by atoms with E-state index >= 15 is 0 Å². The topological polar surface area (TPSA) is 54.7 Å². The van der Waals surface area contributed by atoms with Gasteiger partial charge in [-0.3, -0.25) is 9.69 Å². The molecule has 1 N–H and O–H groups in total. The highest BCUT2D eigenvalue weighted by atomic mass is 32.1. The molecule has 1 aromatic carbocycles. The molecule has 0 radical (unpaired) electrons. The van der Waals surface area contributed by atoms with Gasteiger partial charge >= 0.3 is 0 Å². The fourth-order valence-electron chi connectivity index (χ4n) is 4.51. The minimum absolute atomic E-state index is 0.0445. The molecular formula is C23H26N2O3S. The summed E-state index contributed by atoms with van der Waals surface area (Å²) < 4.78 is 11.3. The fraction of sp³-hybridized carbons (Fsp3) is 0.435. The molecule has 1 amide bonds. The maximum Gasteiger partial charge on any atom is 0.224 e. The van der Waals surface area contributed by atoms with Crippen molar-refractivity contribution in [3.05, 3.63) is 57.5 Å². The van der Waals surface area contributed by atoms with E-state index in [2.05, 4.69) is 39.9 Å². The van der Waals surface area contributed by atoms with Crippen LogP contribution in [0.5, 0.6) is 0 Å². The Morgan fingerprint density at radius 3 is 2.83 bits per heavy atom. The summed E-state index contributed by atoms with van der Waals surface area (Å²) in [6.45, 7) is 3.92. The minimum atomic E-state index is 0.0445. The number of aryl methyl sites for hydroxylation is 2. The molecule has 1 aliphatic heterocycles. The van der Waals surface area contributed by atoms with E-state index in [9.17, 15) is 4.79 Å². The average Bonchev–Trinajstić information content (AvgIpc) is 3.49. The van der Waals surface area contributed by atoms with Gasteiger partial charge in [0, 0.05) is 35.5 Å². The second kappa shape index (κ2) is 8.30. The second-order valence-electron chi connectivity index (χ2n) is 7.89. The van der Waals surface area contributed by atoms with Crippen LogP contribution in [0.25, 0.3) is 11.0 Å². The first-order valence-electron chi connectivity index (χ1n) is 10.4. The van der Waals surface area contributed by atoms with E-state index < -0.39 is 0 Å². The van der Waals surface area contributed by atoms with Crippen LogP contribution in [0.3, 0.4) is 0 Å². The lowest BCUT2D eigenvalue weighted by molar-refractivity contribution is -0.120. The monoisotopic (exact) mass is 410 g/mol. The van der Waals surface area contributed by atoms with Gasteiger partial charge in [0.05, 0.1) is 31.9 Å². The van der Waals surface area contributed by atoms with Crippen LogP contribution in [0.4, 0.5) is 0 Å². The molecule has 152 valence electrons. The molecule has 2 aromatic heterocycles. The first-order valence-corrected chi connectivity index (χ1v) is 11.3. The van der Waals surface area contributed by atoms with Gasteiger partial charge in [-0.1, -0.05) is 6.07 Å². The SMILES string of the molecule is O=C(Cc1coc2cc3c(cc12)CCC3)NCC(c1cccs1)N1CCOCC1. The molecule has 1 saturated heterocycles. The molecule has 0 bridgehead atoms. The highest BCUT2D eigenvalue weighted by molar-refractivity contribution is 7.10. The Morgan fingerprint density at radius 2 is 2.03 bits per heavy atom. The van der Waals surface area contributed by atoms with E-state index in [1.54, 1.807) is 17.6 Å². The van der Waals surface area contributed by atoms with Crippen molar-refractivity contribution in [2.45, 2.75) is 31.7 Å². The summed E-state index contributed by atoms with van der Waals surface area (Å²) in [6.07, 6.45) is 5.57. The number of nitrogens with one attached hydrogen (secondary N) is 1. The predicted molar refractivity (Wildman–Crippen MR) is 114 cm³/mol. The number of morpholine rings is 1. The van der Waals surface area contributed by atoms with Crippen molar-refractivity contribution in [2.75, 3.05) is 32.8 Å². The summed E-state index contributed by atoms with van der Waals surface area (Å²) in [7, 11) is 0. The molecule has 5 nitrogen and oxygen atoms in total. The van der Waals surface area contributed by atoms with E-state index in [1.807, 2.05) is 0 Å². The van der Waals surface area contributed by atoms with Gasteiger partial charge in [-0.15, -0.1) is 11.3 Å². The van der Waals surface area contributed by atoms with Gasteiger partial charge in [0.1, 0.15) is 5.58 Å². The zero-order valence-corrected chi connectivity index (χ0v) is 17.3. The number of carbonyl (C=O) groups is 1. The first-order chi connectivity index (χ1) is 14.3. The van der Waals surface area contributed by atoms with Gasteiger partial charge in [0.2, 0.25) is 5.91 Å². The number of ether oxygens (including phenoxy) is 1. The largest absolute Gasteiger partial charge is 0.464 e. The second-order valence-corrected chi connectivity index (χ2v) is 8.87. The lowest BCUT2D eigenvalue weighted by atomic mass is 10.0. The number of carbonyl (C=O) groups excluding carboxylic acids is 1. The predicted octanol–water partition coefficient (Wildman–Crippen LogP) is 3.72. The molecule has 0 saturated carbocycles. The molecule has 29 heavy (non-hydrogen) atoms. The van der Waals surface area contributed by atoms with Crippen molar-refractivity contribution in [1.29, 1.82) is 0 Å². The highest BCUT2D eigenvalue weighted by Gasteiger charge is 2.24. The molecule has 2 aliphatic rings. The summed E-state index contributed by atoms with van der Waals surface area (Å²) in [5.74, 6) is 0.0445. The fourth-order valence-corrected chi connectivity index (χ4v) is 5.37. The van der Waals surface area contributed by atoms with Gasteiger partial charge in [-0.25, -0.2) is 0 Å². The number of nitrogens with zero attached hydrogens (tertiary/aromatic N) is 1. The molecule has 1 atom stereocenters. The Labute approximate surface area is 174 Å². The van der Waals surface area contributed by atoms with Crippen molar-refractivity contribution in [2.24, 2.45) is 0 Å². The van der Waals surface area contributed by atoms with Gasteiger partial charge in [0.25, 0.3) is 0 Å². The van der Waals surface area contributed by atoms with Crippen LogP contribution in [-0.2, 0) is 28.8 Å². The normalized spacial score (nSPS) is 18.1. The zero-order valence-electron chi connectivity index (χ0n) is 16.5. The molecule has 1 fully saturated rings. The smallest absolute Gasteiger partial charge is 0.224 e. The number of furan rings is 1. The highest BCUT2D eigenvalue weighted by Crippen LogP contribution is 2.31. The Morgan fingerprint density at radius 1 is 1.21 bits per heavy atom. The summed E-state index contributed by atoms with van der Waals surface area (Å²) in [6, 6.07) is 8.81. The average molecular weight is 411 g/mol. The van der Waals surface area contributed by atoms with Crippen LogP contribution in [0.15, 0.2) is 40.3 Å². The van der Waals surface area contributed by atoms with Crippen molar-refractivity contribution >= 4 is 28.2 Å². The van der Waals surface area contributed by atoms with E-state index in [4.69, 9.17) is 9.15 Å². The molecule has 3 heterocycles. The van der Waals surface area contributed by atoms with Crippen molar-refractivity contribution < 1.29 is 13.9 Å². The van der Waals surface area contributed by atoms with Gasteiger partial charge < -0.3 is 14.5 Å². The third kappa shape index (κ3) is 3.97. The van der Waals surface area contributed by atoms with Crippen LogP contribution in [0, 0.1) is 0 Å². The number of fused-ring (bicyclic) bond motifs is 2. The van der Waals surface area contributed by atoms with Crippen LogP contribution >= 0.6 is 11.3 Å². The Bertz CT molecular complexity index is 989. The maximum atomic E-state index is 12.8. The number of rotatable bonds is 6. The van der Waals surface area contributed by atoms with Crippen LogP contribution < -0.4 is 5.32 Å². The third-order valence-corrected chi connectivity index (χ3v) is 7.04. The number of amides is 1. The van der Waals surface area contributed by atoms with Crippen molar-refractivity contribution in [3.8, 4) is 0 Å². The molecule has 5 rings (SSSR count). The van der Waals surface area contributed by atoms with Crippen molar-refractivity contribution in [1.82, 2.24) is 10.2 Å². The number of hydrogen-bond donors (Lipinski definition) is 1. The minimum Gasteiger partial charge on any atom is -0.464 e. The maximum absolute atomic E-state index is 12.8. The van der Waals surface area contributed by atoms with E-state index in [-0.39, 0.29) is 11.9 Å². The lowest BCUT2D eigenvalue weighted by Crippen LogP contribution is -2.43. The Kier molecular flexibility index (Phi) is 5.40. The Balaban J connectivity index is 1.27. The van der Waals surface area contributed by atoms with Gasteiger partial charge in [-0.05, 0) is 54.0 Å². The van der Waals surface area contributed by atoms with Crippen molar-refractivity contribution in [3.63, 3.8) is 0 Å². The van der Waals surface area contributed by atoms with Gasteiger partial charge in [0.15, 0.2) is 0 Å². The number of thiophene rings is 1. The quantitative estimate of drug-likeness (QED) is 0.673. The molecule has 6 heteroatoms. The third-order valence-electron chi connectivity index (χ3n) is 6.07. The van der Waals surface area contributed by atoms with E-state index in [0.29, 0.717) is 13.0 Å². The zero-order chi connectivity index (χ0) is 19.6. The van der Waals surface area contributed by atoms with Crippen LogP contribution in [0.2, 0.25) is 0 Å². The molecule has 0 spiro atoms. The van der Waals surface area contributed by atoms with Crippen LogP contribution in [-0.4, -0.2) is 43.7 Å². The molecule has 3 aromatic rings. The number of hydrogen-bond acceptors (Lipinski definition) is 5. The molecular weight excluding hydrogens is 384 g/mol.